The highest BCUT2D eigenvalue weighted by Crippen LogP contribution is 2.22. The Bertz CT molecular complexity index is 375. The van der Waals surface area contributed by atoms with Gasteiger partial charge in [-0.3, -0.25) is 15.1 Å². The molecule has 0 aliphatic rings. The van der Waals surface area contributed by atoms with Crippen LogP contribution in [0.4, 0.5) is 14.5 Å². The summed E-state index contributed by atoms with van der Waals surface area (Å²) < 4.78 is 25.5. The van der Waals surface area contributed by atoms with Gasteiger partial charge in [-0.05, 0) is 24.6 Å². The van der Waals surface area contributed by atoms with Crippen LogP contribution in [0.2, 0.25) is 0 Å². The van der Waals surface area contributed by atoms with Crippen LogP contribution in [0, 0.1) is 0 Å². The van der Waals surface area contributed by atoms with Crippen molar-refractivity contribution in [1.29, 1.82) is 0 Å². The fourth-order valence-corrected chi connectivity index (χ4v) is 1.38. The molecule has 0 saturated heterocycles. The van der Waals surface area contributed by atoms with E-state index in [2.05, 4.69) is 10.3 Å². The Morgan fingerprint density at radius 2 is 2.19 bits per heavy atom. The molecule has 5 heteroatoms. The Morgan fingerprint density at radius 1 is 1.50 bits per heavy atom. The van der Waals surface area contributed by atoms with Crippen molar-refractivity contribution < 1.29 is 18.4 Å². The second kappa shape index (κ2) is 5.03. The van der Waals surface area contributed by atoms with Crippen molar-refractivity contribution in [3.63, 3.8) is 0 Å². The largest absolute Gasteiger partial charge is 0.298 e. The van der Waals surface area contributed by atoms with Crippen LogP contribution in [0.15, 0.2) is 18.2 Å². The van der Waals surface area contributed by atoms with E-state index in [0.717, 1.165) is 6.92 Å². The molecule has 0 fully saturated rings. The number of aldehydes is 1. The molecule has 0 saturated carbocycles. The van der Waals surface area contributed by atoms with Gasteiger partial charge < -0.3 is 0 Å². The molecule has 16 heavy (non-hydrogen) atoms. The molecule has 0 radical (unpaired) electrons. The number of benzene rings is 1. The van der Waals surface area contributed by atoms with Crippen LogP contribution in [-0.4, -0.2) is 19.3 Å². The zero-order valence-corrected chi connectivity index (χ0v) is 9.09. The summed E-state index contributed by atoms with van der Waals surface area (Å²) in [7, 11) is 1.41. The van der Waals surface area contributed by atoms with Gasteiger partial charge in [-0.1, -0.05) is 6.07 Å². The lowest BCUT2D eigenvalue weighted by atomic mass is 10.0. The zero-order valence-electron chi connectivity index (χ0n) is 9.09. The molecule has 0 atom stereocenters. The Labute approximate surface area is 92.4 Å². The molecule has 88 valence electrons. The topological polar surface area (TPSA) is 38.3 Å². The van der Waals surface area contributed by atoms with Gasteiger partial charge >= 0.3 is 0 Å². The van der Waals surface area contributed by atoms with E-state index in [9.17, 15) is 13.6 Å². The van der Waals surface area contributed by atoms with E-state index in [1.165, 1.54) is 25.3 Å². The van der Waals surface area contributed by atoms with Crippen LogP contribution < -0.4 is 5.48 Å². The summed E-state index contributed by atoms with van der Waals surface area (Å²) in [6.45, 7) is 0.842. The molecule has 0 unspecified atom stereocenters. The van der Waals surface area contributed by atoms with Gasteiger partial charge in [0.1, 0.15) is 0 Å². The van der Waals surface area contributed by atoms with Crippen LogP contribution in [0.3, 0.4) is 0 Å². The summed E-state index contributed by atoms with van der Waals surface area (Å²) >= 11 is 0. The van der Waals surface area contributed by atoms with E-state index in [-0.39, 0.29) is 6.42 Å². The van der Waals surface area contributed by atoms with Crippen LogP contribution in [0.1, 0.15) is 22.8 Å². The van der Waals surface area contributed by atoms with E-state index in [1.54, 1.807) is 0 Å². The molecular formula is C11H13F2NO2. The molecule has 1 aromatic rings. The third-order valence-corrected chi connectivity index (χ3v) is 1.97. The smallest absolute Gasteiger partial charge is 0.249 e. The van der Waals surface area contributed by atoms with Gasteiger partial charge in [0.15, 0.2) is 6.29 Å². The lowest BCUT2D eigenvalue weighted by molar-refractivity contribution is 0.0226. The maximum atomic E-state index is 12.8. The second-order valence-corrected chi connectivity index (χ2v) is 3.59. The summed E-state index contributed by atoms with van der Waals surface area (Å²) in [4.78, 5) is 15.4. The Morgan fingerprint density at radius 3 is 2.69 bits per heavy atom. The molecule has 0 amide bonds. The Kier molecular flexibility index (Phi) is 3.95. The van der Waals surface area contributed by atoms with E-state index < -0.39 is 5.92 Å². The van der Waals surface area contributed by atoms with Crippen molar-refractivity contribution in [2.24, 2.45) is 0 Å². The molecule has 1 N–H and O–H groups in total. The van der Waals surface area contributed by atoms with Crippen molar-refractivity contribution in [3.8, 4) is 0 Å². The van der Waals surface area contributed by atoms with E-state index in [0.29, 0.717) is 23.1 Å². The normalized spacial score (nSPS) is 11.2. The van der Waals surface area contributed by atoms with Gasteiger partial charge in [-0.25, -0.2) is 8.78 Å². The molecule has 0 aliphatic heterocycles. The first kappa shape index (κ1) is 12.6. The number of carbonyl (C=O) groups is 1. The van der Waals surface area contributed by atoms with Crippen LogP contribution in [0.5, 0.6) is 0 Å². The number of rotatable bonds is 5. The lowest BCUT2D eigenvalue weighted by Gasteiger charge is -2.12. The van der Waals surface area contributed by atoms with Crippen molar-refractivity contribution in [1.82, 2.24) is 0 Å². The minimum absolute atomic E-state index is 0.295. The van der Waals surface area contributed by atoms with Gasteiger partial charge in [0.25, 0.3) is 0 Å². The molecule has 0 heterocycles. The quantitative estimate of drug-likeness (QED) is 0.623. The maximum Gasteiger partial charge on any atom is 0.249 e. The zero-order chi connectivity index (χ0) is 12.2. The number of hydrogen-bond acceptors (Lipinski definition) is 3. The monoisotopic (exact) mass is 229 g/mol. The highest BCUT2D eigenvalue weighted by molar-refractivity contribution is 5.84. The second-order valence-electron chi connectivity index (χ2n) is 3.59. The minimum atomic E-state index is -2.78. The summed E-state index contributed by atoms with van der Waals surface area (Å²) in [5.41, 5.74) is 3.67. The molecule has 0 bridgehead atoms. The number of halogens is 2. The number of nitrogens with one attached hydrogen (secondary N) is 1. The molecule has 0 aliphatic carbocycles. The Balaban J connectivity index is 2.95. The van der Waals surface area contributed by atoms with Gasteiger partial charge in [-0.15, -0.1) is 0 Å². The molecule has 0 aromatic heterocycles. The summed E-state index contributed by atoms with van der Waals surface area (Å²) in [6, 6.07) is 4.49. The summed E-state index contributed by atoms with van der Waals surface area (Å²) in [5.74, 6) is -2.78. The van der Waals surface area contributed by atoms with Crippen molar-refractivity contribution in [3.05, 3.63) is 29.3 Å². The lowest BCUT2D eigenvalue weighted by Crippen LogP contribution is -2.14. The number of anilines is 1. The summed E-state index contributed by atoms with van der Waals surface area (Å²) in [5, 5.41) is 0. The van der Waals surface area contributed by atoms with Crippen LogP contribution >= 0.6 is 0 Å². The fraction of sp³-hybridized carbons (Fsp3) is 0.364. The van der Waals surface area contributed by atoms with Gasteiger partial charge in [-0.2, -0.15) is 0 Å². The SMILES string of the molecule is CONc1ccc(CC(C)(F)F)cc1C=O. The molecule has 0 spiro atoms. The standard InChI is InChI=1S/C11H13F2NO2/c1-11(12,13)6-8-3-4-10(14-16-2)9(5-8)7-15/h3-5,7,14H,6H2,1-2H3. The van der Waals surface area contributed by atoms with Crippen molar-refractivity contribution in [2.75, 3.05) is 12.6 Å². The first-order chi connectivity index (χ1) is 7.46. The molecule has 1 rings (SSSR count). The van der Waals surface area contributed by atoms with Gasteiger partial charge in [0.05, 0.1) is 12.8 Å². The first-order valence-corrected chi connectivity index (χ1v) is 4.71. The summed E-state index contributed by atoms with van der Waals surface area (Å²) in [6.07, 6.45) is 0.208. The highest BCUT2D eigenvalue weighted by Gasteiger charge is 2.21. The van der Waals surface area contributed by atoms with E-state index in [1.807, 2.05) is 0 Å². The number of alkyl halides is 2. The molecule has 1 aromatic carbocycles. The molecule has 3 nitrogen and oxygen atoms in total. The molecular weight excluding hydrogens is 216 g/mol. The third kappa shape index (κ3) is 3.58. The number of carbonyl (C=O) groups excluding carboxylic acids is 1. The maximum absolute atomic E-state index is 12.8. The fourth-order valence-electron chi connectivity index (χ4n) is 1.38. The first-order valence-electron chi connectivity index (χ1n) is 4.71. The van der Waals surface area contributed by atoms with Gasteiger partial charge in [0.2, 0.25) is 5.92 Å². The average molecular weight is 229 g/mol. The van der Waals surface area contributed by atoms with E-state index >= 15 is 0 Å². The highest BCUT2D eigenvalue weighted by atomic mass is 19.3. The number of hydrogen-bond donors (Lipinski definition) is 1. The minimum Gasteiger partial charge on any atom is -0.298 e. The van der Waals surface area contributed by atoms with E-state index in [4.69, 9.17) is 0 Å². The third-order valence-electron chi connectivity index (χ3n) is 1.97. The predicted octanol–water partition coefficient (Wildman–Crippen LogP) is 2.67. The average Bonchev–Trinajstić information content (AvgIpc) is 2.18. The van der Waals surface area contributed by atoms with Gasteiger partial charge in [0, 0.05) is 12.0 Å². The van der Waals surface area contributed by atoms with Crippen LogP contribution in [0.25, 0.3) is 0 Å². The van der Waals surface area contributed by atoms with Crippen molar-refractivity contribution in [2.45, 2.75) is 19.3 Å². The van der Waals surface area contributed by atoms with Crippen molar-refractivity contribution >= 4 is 12.0 Å². The van der Waals surface area contributed by atoms with Crippen LogP contribution in [-0.2, 0) is 11.3 Å². The Hall–Kier alpha value is -1.49. The predicted molar refractivity (Wildman–Crippen MR) is 56.8 cm³/mol.